The smallest absolute Gasteiger partial charge is 0.309 e. The Morgan fingerprint density at radius 1 is 0.774 bits per heavy atom. The number of methoxy groups -OCH3 is 4. The van der Waals surface area contributed by atoms with Gasteiger partial charge in [-0.3, -0.25) is 9.59 Å². The van der Waals surface area contributed by atoms with Crippen LogP contribution < -0.4 is 23.7 Å². The van der Waals surface area contributed by atoms with E-state index in [-0.39, 0.29) is 77.1 Å². The number of aromatic hydroxyl groups is 3. The molecule has 0 spiro atoms. The van der Waals surface area contributed by atoms with Crippen LogP contribution >= 0.6 is 0 Å². The van der Waals surface area contributed by atoms with Gasteiger partial charge in [-0.1, -0.05) is 18.2 Å². The summed E-state index contributed by atoms with van der Waals surface area (Å²) in [5, 5.41) is 52.2. The molecule has 13 nitrogen and oxygen atoms in total. The maximum Gasteiger partial charge on any atom is 0.309 e. The van der Waals surface area contributed by atoms with Gasteiger partial charge in [0, 0.05) is 22.6 Å². The highest BCUT2D eigenvalue weighted by Crippen LogP contribution is 2.52. The summed E-state index contributed by atoms with van der Waals surface area (Å²) >= 11 is 0. The molecule has 13 heteroatoms. The molecular formula is C40H42O13. The lowest BCUT2D eigenvalue weighted by molar-refractivity contribution is -0.141. The number of aliphatic hydroxyl groups is 2. The molecule has 0 saturated carbocycles. The van der Waals surface area contributed by atoms with Gasteiger partial charge in [-0.05, 0) is 72.0 Å². The van der Waals surface area contributed by atoms with Crippen molar-refractivity contribution >= 4 is 11.8 Å². The highest BCUT2D eigenvalue weighted by molar-refractivity contribution is 6.02. The number of ketones is 1. The number of carbonyl (C=O) groups is 2. The molecule has 5 atom stereocenters. The molecule has 6 rings (SSSR count). The zero-order valence-electron chi connectivity index (χ0n) is 29.7. The van der Waals surface area contributed by atoms with Crippen LogP contribution in [0.2, 0.25) is 0 Å². The largest absolute Gasteiger partial charge is 0.504 e. The summed E-state index contributed by atoms with van der Waals surface area (Å²) in [5.74, 6) is -2.57. The lowest BCUT2D eigenvalue weighted by atomic mass is 9.82. The van der Waals surface area contributed by atoms with Gasteiger partial charge in [-0.2, -0.15) is 0 Å². The summed E-state index contributed by atoms with van der Waals surface area (Å²) in [6.45, 7) is -0.743. The third-order valence-electron chi connectivity index (χ3n) is 10.1. The van der Waals surface area contributed by atoms with E-state index in [0.717, 1.165) is 5.56 Å². The Kier molecular flexibility index (Phi) is 10.9. The number of cyclic esters (lactones) is 1. The molecule has 0 aromatic heterocycles. The minimum Gasteiger partial charge on any atom is -0.504 e. The van der Waals surface area contributed by atoms with Crippen LogP contribution in [0, 0.1) is 11.8 Å². The number of ether oxygens (including phenoxy) is 6. The van der Waals surface area contributed by atoms with Crippen LogP contribution in [0.4, 0.5) is 0 Å². The molecule has 4 aromatic carbocycles. The van der Waals surface area contributed by atoms with E-state index in [1.807, 2.05) is 6.07 Å². The van der Waals surface area contributed by atoms with E-state index in [2.05, 4.69) is 0 Å². The second-order valence-electron chi connectivity index (χ2n) is 13.1. The Morgan fingerprint density at radius 2 is 1.42 bits per heavy atom. The number of fused-ring (bicyclic) bond motifs is 1. The van der Waals surface area contributed by atoms with Crippen LogP contribution in [-0.4, -0.2) is 85.5 Å². The first kappa shape index (κ1) is 37.1. The number of benzene rings is 4. The summed E-state index contributed by atoms with van der Waals surface area (Å²) in [7, 11) is 5.69. The molecule has 0 unspecified atom stereocenters. The fraction of sp³-hybridized carbons (Fsp3) is 0.350. The van der Waals surface area contributed by atoms with Gasteiger partial charge >= 0.3 is 5.97 Å². The van der Waals surface area contributed by atoms with Crippen molar-refractivity contribution in [3.63, 3.8) is 0 Å². The van der Waals surface area contributed by atoms with E-state index in [1.165, 1.54) is 52.7 Å². The van der Waals surface area contributed by atoms with Gasteiger partial charge < -0.3 is 54.0 Å². The molecule has 0 radical (unpaired) electrons. The van der Waals surface area contributed by atoms with Gasteiger partial charge in [0.25, 0.3) is 0 Å². The molecule has 0 aliphatic carbocycles. The Labute approximate surface area is 305 Å². The Hall–Kier alpha value is -5.66. The Morgan fingerprint density at radius 3 is 2.08 bits per heavy atom. The van der Waals surface area contributed by atoms with Gasteiger partial charge in [0.1, 0.15) is 6.10 Å². The Balaban J connectivity index is 1.27. The number of hydrogen-bond donors (Lipinski definition) is 5. The molecule has 0 amide bonds. The quantitative estimate of drug-likeness (QED) is 0.0896. The summed E-state index contributed by atoms with van der Waals surface area (Å²) < 4.78 is 33.5. The number of carbonyl (C=O) groups excluding carboxylic acids is 2. The molecule has 0 bridgehead atoms. The van der Waals surface area contributed by atoms with Crippen LogP contribution in [-0.2, 0) is 22.4 Å². The number of rotatable bonds is 14. The molecule has 2 heterocycles. The van der Waals surface area contributed by atoms with Crippen molar-refractivity contribution in [2.24, 2.45) is 11.8 Å². The molecule has 1 fully saturated rings. The summed E-state index contributed by atoms with van der Waals surface area (Å²) in [6, 6.07) is 15.9. The molecular weight excluding hydrogens is 688 g/mol. The fourth-order valence-corrected chi connectivity index (χ4v) is 7.29. The zero-order valence-corrected chi connectivity index (χ0v) is 29.7. The van der Waals surface area contributed by atoms with Gasteiger partial charge in [0.15, 0.2) is 51.8 Å². The number of hydrogen-bond acceptors (Lipinski definition) is 13. The van der Waals surface area contributed by atoms with Crippen molar-refractivity contribution in [2.45, 2.75) is 30.8 Å². The summed E-state index contributed by atoms with van der Waals surface area (Å²) in [4.78, 5) is 26.8. The van der Waals surface area contributed by atoms with Crippen LogP contribution in [0.25, 0.3) is 0 Å². The Bertz CT molecular complexity index is 2010. The van der Waals surface area contributed by atoms with E-state index in [1.54, 1.807) is 30.3 Å². The maximum atomic E-state index is 13.6. The average molecular weight is 731 g/mol. The number of esters is 1. The molecule has 1 saturated heterocycles. The monoisotopic (exact) mass is 730 g/mol. The standard InChI is InChI=1S/C40H42O13/c1-48-32-15-22(5-7-30(32)43)36(45)28(17-41)26-11-20(13-34(50-3)37(26)46)9-24-19-52-40(47)25(24)10-21-12-27-29(18-42)38(53-39(27)35(14-21)51-4)23-6-8-31(44)33(16-23)49-2/h5-8,11-16,24-25,28-29,38,41-44,46H,9-10,17-19H2,1-4H3/t24-,25+,28+,29-,38+/m0/s1. The summed E-state index contributed by atoms with van der Waals surface area (Å²) in [6.07, 6.45) is 0.00218. The number of phenolic OH excluding ortho intramolecular Hbond substituents is 3. The van der Waals surface area contributed by atoms with E-state index >= 15 is 0 Å². The molecule has 4 aromatic rings. The van der Waals surface area contributed by atoms with E-state index < -0.39 is 36.2 Å². The minimum atomic E-state index is -1.18. The molecule has 53 heavy (non-hydrogen) atoms. The third-order valence-corrected chi connectivity index (χ3v) is 10.1. The van der Waals surface area contributed by atoms with Crippen LogP contribution in [0.5, 0.6) is 46.0 Å². The van der Waals surface area contributed by atoms with E-state index in [0.29, 0.717) is 34.6 Å². The second-order valence-corrected chi connectivity index (χ2v) is 13.1. The van der Waals surface area contributed by atoms with Crippen molar-refractivity contribution in [1.82, 2.24) is 0 Å². The van der Waals surface area contributed by atoms with Crippen molar-refractivity contribution in [3.05, 3.63) is 94.0 Å². The first-order valence-corrected chi connectivity index (χ1v) is 17.0. The van der Waals surface area contributed by atoms with Crippen LogP contribution in [0.15, 0.2) is 60.7 Å². The molecule has 2 aliphatic rings. The topological polar surface area (TPSA) is 191 Å². The van der Waals surface area contributed by atoms with E-state index in [4.69, 9.17) is 28.4 Å². The maximum absolute atomic E-state index is 13.6. The lowest BCUT2D eigenvalue weighted by Gasteiger charge is -2.21. The normalized spacial score (nSPS) is 19.5. The van der Waals surface area contributed by atoms with E-state index in [9.17, 15) is 35.1 Å². The van der Waals surface area contributed by atoms with Gasteiger partial charge in [-0.25, -0.2) is 0 Å². The lowest BCUT2D eigenvalue weighted by Crippen LogP contribution is -2.21. The van der Waals surface area contributed by atoms with Crippen molar-refractivity contribution in [2.75, 3.05) is 48.3 Å². The zero-order chi connectivity index (χ0) is 38.0. The first-order chi connectivity index (χ1) is 25.5. The fourth-order valence-electron chi connectivity index (χ4n) is 7.29. The van der Waals surface area contributed by atoms with Crippen LogP contribution in [0.3, 0.4) is 0 Å². The van der Waals surface area contributed by atoms with Gasteiger partial charge in [0.2, 0.25) is 0 Å². The molecule has 280 valence electrons. The van der Waals surface area contributed by atoms with Gasteiger partial charge in [-0.15, -0.1) is 0 Å². The molecule has 2 aliphatic heterocycles. The van der Waals surface area contributed by atoms with Gasteiger partial charge in [0.05, 0.1) is 66.0 Å². The number of phenols is 3. The highest BCUT2D eigenvalue weighted by atomic mass is 16.5. The van der Waals surface area contributed by atoms with Crippen molar-refractivity contribution < 1.29 is 63.5 Å². The van der Waals surface area contributed by atoms with Crippen molar-refractivity contribution in [3.8, 4) is 46.0 Å². The second kappa shape index (κ2) is 15.5. The SMILES string of the molecule is COc1cc(C(=O)[C@H](CO)c2cc(C[C@H]3COC(=O)[C@@H]3Cc3cc(OC)c4c(c3)[C@H](CO)[C@@H](c3ccc(O)c(OC)c3)O4)cc(OC)c2O)ccc1O. The predicted octanol–water partition coefficient (Wildman–Crippen LogP) is 4.58. The summed E-state index contributed by atoms with van der Waals surface area (Å²) in [5.41, 5.74) is 3.10. The average Bonchev–Trinajstić information content (AvgIpc) is 3.71. The van der Waals surface area contributed by atoms with Crippen molar-refractivity contribution in [1.29, 1.82) is 0 Å². The number of Topliss-reactive ketones (excluding diaryl/α,β-unsaturated/α-hetero) is 1. The third kappa shape index (κ3) is 7.09. The molecule has 5 N–H and O–H groups in total. The number of aliphatic hydroxyl groups excluding tert-OH is 2. The van der Waals surface area contributed by atoms with Crippen LogP contribution in [0.1, 0.15) is 56.1 Å². The predicted molar refractivity (Wildman–Crippen MR) is 190 cm³/mol. The first-order valence-electron chi connectivity index (χ1n) is 17.0. The minimum absolute atomic E-state index is 0.0241. The highest BCUT2D eigenvalue weighted by Gasteiger charge is 2.41.